The minimum Gasteiger partial charge on any atom is -0.311 e. The minimum absolute atomic E-state index is 0.0207. The Labute approximate surface area is 551 Å². The molecule has 0 amide bonds. The van der Waals surface area contributed by atoms with Crippen LogP contribution in [-0.4, -0.2) is 6.71 Å². The summed E-state index contributed by atoms with van der Waals surface area (Å²) in [6.45, 7) is 56.5. The first-order valence-corrected chi connectivity index (χ1v) is 35.3. The topological polar surface area (TPSA) is 6.48 Å². The molecule has 3 heterocycles. The third-order valence-electron chi connectivity index (χ3n) is 24.6. The first kappa shape index (κ1) is 60.6. The van der Waals surface area contributed by atoms with Gasteiger partial charge in [0.05, 0.1) is 11.4 Å². The molecule has 6 aliphatic rings. The molecule has 4 aliphatic carbocycles. The molecule has 0 atom stereocenters. The van der Waals surface area contributed by atoms with Gasteiger partial charge in [-0.05, 0) is 220 Å². The van der Waals surface area contributed by atoms with Crippen LogP contribution in [-0.2, 0) is 54.1 Å². The third-order valence-corrected chi connectivity index (χ3v) is 25.9. The van der Waals surface area contributed by atoms with Crippen molar-refractivity contribution in [2.45, 2.75) is 239 Å². The molecule has 15 rings (SSSR count). The number of hydrogen-bond acceptors (Lipinski definition) is 3. The molecule has 0 radical (unpaired) electrons. The number of hydrogen-bond donors (Lipinski definition) is 0. The molecule has 0 spiro atoms. The van der Waals surface area contributed by atoms with E-state index in [2.05, 4.69) is 314 Å². The van der Waals surface area contributed by atoms with Crippen molar-refractivity contribution in [2.24, 2.45) is 0 Å². The first-order valence-electron chi connectivity index (χ1n) is 34.5. The number of rotatable bonds is 3. The molecule has 0 bridgehead atoms. The summed E-state index contributed by atoms with van der Waals surface area (Å²) in [6.07, 6.45) is 4.72. The van der Waals surface area contributed by atoms with E-state index in [0.717, 1.165) is 6.42 Å². The lowest BCUT2D eigenvalue weighted by Crippen LogP contribution is -2.61. The van der Waals surface area contributed by atoms with Gasteiger partial charge in [-0.2, -0.15) is 0 Å². The van der Waals surface area contributed by atoms with Crippen LogP contribution in [0.1, 0.15) is 261 Å². The number of aryl methyl sites for hydroxylation is 1. The van der Waals surface area contributed by atoms with Crippen LogP contribution in [0, 0.1) is 6.92 Å². The standard InChI is InChI=1S/C87H99BN2S/c1-50-40-72-75-73(41-50)90(70-35-32-53(79(5,6)7)42-55(70)51-28-30-52(31-29-51)78(2,3)4)71-48-67-66(86(20,21)64-45-61-62(46-65(64)87(67,22)23)83(14,15)39-38-82(61,12)13)47-69(71)88(75)77-76(89(72)54-33-34-57-60(43-54)81(10,11)37-36-80(57,8)9)56-44-63-68(49-74(56)91-77)85(18,19)59-27-25-24-26-58(59)84(63,16)17/h24-35,40-49H,36-39H2,1-23H3. The molecule has 9 aromatic rings. The van der Waals surface area contributed by atoms with E-state index in [1.54, 1.807) is 11.1 Å². The summed E-state index contributed by atoms with van der Waals surface area (Å²) in [5, 5.41) is 1.36. The van der Waals surface area contributed by atoms with Gasteiger partial charge >= 0.3 is 0 Å². The van der Waals surface area contributed by atoms with Crippen molar-refractivity contribution < 1.29 is 0 Å². The van der Waals surface area contributed by atoms with Gasteiger partial charge in [0.25, 0.3) is 6.71 Å². The van der Waals surface area contributed by atoms with Gasteiger partial charge in [-0.1, -0.05) is 231 Å². The Kier molecular flexibility index (Phi) is 12.5. The Morgan fingerprint density at radius 3 is 1.40 bits per heavy atom. The molecule has 1 aromatic heterocycles. The highest BCUT2D eigenvalue weighted by Crippen LogP contribution is 2.60. The van der Waals surface area contributed by atoms with Crippen LogP contribution in [0.2, 0.25) is 0 Å². The van der Waals surface area contributed by atoms with E-state index in [4.69, 9.17) is 0 Å². The van der Waals surface area contributed by atoms with Crippen molar-refractivity contribution in [2.75, 3.05) is 9.80 Å². The van der Waals surface area contributed by atoms with Gasteiger partial charge in [-0.15, -0.1) is 11.3 Å². The van der Waals surface area contributed by atoms with E-state index < -0.39 is 0 Å². The van der Waals surface area contributed by atoms with Gasteiger partial charge in [0.15, 0.2) is 0 Å². The molecule has 8 aromatic carbocycles. The van der Waals surface area contributed by atoms with Crippen molar-refractivity contribution in [1.82, 2.24) is 0 Å². The number of benzene rings is 8. The van der Waals surface area contributed by atoms with E-state index in [-0.39, 0.29) is 60.9 Å². The number of nitrogens with zero attached hydrogens (tertiary/aromatic N) is 2. The Morgan fingerprint density at radius 1 is 0.385 bits per heavy atom. The predicted octanol–water partition coefficient (Wildman–Crippen LogP) is 22.2. The minimum atomic E-state index is -0.301. The van der Waals surface area contributed by atoms with Gasteiger partial charge in [-0.3, -0.25) is 0 Å². The molecule has 0 saturated carbocycles. The fourth-order valence-electron chi connectivity index (χ4n) is 18.4. The average molecular weight is 1220 g/mol. The molecule has 0 unspecified atom stereocenters. The van der Waals surface area contributed by atoms with Crippen molar-refractivity contribution in [3.63, 3.8) is 0 Å². The van der Waals surface area contributed by atoms with Gasteiger partial charge < -0.3 is 9.80 Å². The van der Waals surface area contributed by atoms with Crippen LogP contribution in [0.25, 0.3) is 21.2 Å². The van der Waals surface area contributed by atoms with Gasteiger partial charge in [0.1, 0.15) is 0 Å². The lowest BCUT2D eigenvalue weighted by Gasteiger charge is -2.50. The summed E-state index contributed by atoms with van der Waals surface area (Å²) in [4.78, 5) is 5.55. The average Bonchev–Trinajstić information content (AvgIpc) is 1.67. The summed E-state index contributed by atoms with van der Waals surface area (Å²) in [6, 6.07) is 55.4. The molecule has 2 nitrogen and oxygen atoms in total. The van der Waals surface area contributed by atoms with E-state index >= 15 is 0 Å². The normalized spacial score (nSPS) is 20.1. The van der Waals surface area contributed by atoms with Crippen LogP contribution in [0.15, 0.2) is 133 Å². The van der Waals surface area contributed by atoms with Crippen molar-refractivity contribution in [3.8, 4) is 11.1 Å². The maximum absolute atomic E-state index is 2.78. The van der Waals surface area contributed by atoms with E-state index in [9.17, 15) is 0 Å². The summed E-state index contributed by atoms with van der Waals surface area (Å²) in [5.74, 6) is 0. The molecule has 466 valence electrons. The first-order chi connectivity index (χ1) is 42.3. The van der Waals surface area contributed by atoms with Crippen molar-refractivity contribution >= 4 is 78.0 Å². The Hall–Kier alpha value is -6.62. The molecule has 0 fully saturated rings. The van der Waals surface area contributed by atoms with E-state index in [1.807, 2.05) is 0 Å². The van der Waals surface area contributed by atoms with Crippen LogP contribution < -0.4 is 25.5 Å². The van der Waals surface area contributed by atoms with Crippen molar-refractivity contribution in [1.29, 1.82) is 0 Å². The Balaban J connectivity index is 1.08. The Bertz CT molecular complexity index is 4620. The highest BCUT2D eigenvalue weighted by atomic mass is 32.1. The zero-order chi connectivity index (χ0) is 65.0. The fraction of sp³-hybridized carbons (Fsp3) is 0.425. The van der Waals surface area contributed by atoms with Crippen LogP contribution >= 0.6 is 11.3 Å². The fourth-order valence-corrected chi connectivity index (χ4v) is 19.7. The summed E-state index contributed by atoms with van der Waals surface area (Å²) < 4.78 is 2.81. The highest BCUT2D eigenvalue weighted by Gasteiger charge is 2.52. The Morgan fingerprint density at radius 2 is 0.846 bits per heavy atom. The highest BCUT2D eigenvalue weighted by molar-refractivity contribution is 7.33. The van der Waals surface area contributed by atoms with Crippen LogP contribution in [0.4, 0.5) is 34.1 Å². The van der Waals surface area contributed by atoms with Gasteiger partial charge in [0.2, 0.25) is 0 Å². The predicted molar refractivity (Wildman–Crippen MR) is 395 cm³/mol. The maximum atomic E-state index is 2.78. The quantitative estimate of drug-likeness (QED) is 0.163. The molecular weight excluding hydrogens is 1120 g/mol. The number of fused-ring (bicyclic) bond motifs is 12. The maximum Gasteiger partial charge on any atom is 0.264 e. The molecule has 2 aliphatic heterocycles. The van der Waals surface area contributed by atoms with Crippen LogP contribution in [0.5, 0.6) is 0 Å². The van der Waals surface area contributed by atoms with Crippen molar-refractivity contribution in [3.05, 3.63) is 217 Å². The number of thiophene rings is 1. The lowest BCUT2D eigenvalue weighted by molar-refractivity contribution is 0.329. The van der Waals surface area contributed by atoms with E-state index in [0.29, 0.717) is 0 Å². The monoisotopic (exact) mass is 1210 g/mol. The SMILES string of the molecule is Cc1cc2c3c(c1)N(c1ccc4c(c1)C(C)(C)CCC4(C)C)c1c(sc4cc5c(cc14)C(C)(C)c1ccccc1C5(C)C)B3c1cc3c(cc1N2c1ccc(C(C)(C)C)cc1-c1ccc(C(C)(C)C)cc1)C(C)(C)c1cc2c(cc1C3(C)C)C(C)(C)CCC2(C)C. The van der Waals surface area contributed by atoms with Crippen LogP contribution in [0.3, 0.4) is 0 Å². The molecule has 4 heteroatoms. The lowest BCUT2D eigenvalue weighted by atomic mass is 9.35. The molecule has 0 N–H and O–H groups in total. The smallest absolute Gasteiger partial charge is 0.264 e. The molecular formula is C87H99BN2S. The van der Waals surface area contributed by atoms with Gasteiger partial charge in [0, 0.05) is 64.8 Å². The van der Waals surface area contributed by atoms with Gasteiger partial charge in [-0.25, -0.2) is 0 Å². The zero-order valence-electron chi connectivity index (χ0n) is 59.4. The summed E-state index contributed by atoms with van der Waals surface area (Å²) >= 11 is 2.07. The third kappa shape index (κ3) is 8.53. The second-order valence-corrected chi connectivity index (χ2v) is 37.1. The summed E-state index contributed by atoms with van der Waals surface area (Å²) in [7, 11) is 0. The van der Waals surface area contributed by atoms with E-state index in [1.165, 1.54) is 163 Å². The molecule has 0 saturated heterocycles. The number of anilines is 6. The zero-order valence-corrected chi connectivity index (χ0v) is 60.2. The summed E-state index contributed by atoms with van der Waals surface area (Å²) in [5.41, 5.74) is 33.9. The second kappa shape index (κ2) is 18.8. The molecule has 91 heavy (non-hydrogen) atoms. The largest absolute Gasteiger partial charge is 0.311 e. The second-order valence-electron chi connectivity index (χ2n) is 36.0.